The fraction of sp³-hybridized carbons (Fsp3) is 0.333. The Labute approximate surface area is 110 Å². The molecule has 6 heteroatoms. The molecule has 1 aliphatic rings. The van der Waals surface area contributed by atoms with E-state index in [0.717, 1.165) is 25.0 Å². The number of nitrogens with zero attached hydrogens (tertiary/aromatic N) is 2. The van der Waals surface area contributed by atoms with Crippen LogP contribution in [0.5, 0.6) is 0 Å². The highest BCUT2D eigenvalue weighted by Gasteiger charge is 2.22. The highest BCUT2D eigenvalue weighted by atomic mass is 79.9. The largest absolute Gasteiger partial charge is 0.295 e. The van der Waals surface area contributed by atoms with Gasteiger partial charge >= 0.3 is 0 Å². The minimum Gasteiger partial charge on any atom is -0.295 e. The molecular weight excluding hydrogens is 306 g/mol. The summed E-state index contributed by atoms with van der Waals surface area (Å²) < 4.78 is 27.9. The summed E-state index contributed by atoms with van der Waals surface area (Å²) in [5.41, 5.74) is -0.102. The first-order chi connectivity index (χ1) is 8.58. The molecule has 1 unspecified atom stereocenters. The lowest BCUT2D eigenvalue weighted by molar-refractivity contribution is 0.494. The van der Waals surface area contributed by atoms with Crippen LogP contribution in [0.25, 0.3) is 10.9 Å². The summed E-state index contributed by atoms with van der Waals surface area (Å²) in [6.07, 6.45) is 1.74. The smallest absolute Gasteiger partial charge is 0.261 e. The van der Waals surface area contributed by atoms with E-state index in [4.69, 9.17) is 0 Å². The summed E-state index contributed by atoms with van der Waals surface area (Å²) in [6.45, 7) is 0.568. The Bertz CT molecular complexity index is 699. The lowest BCUT2D eigenvalue weighted by Gasteiger charge is -2.22. The van der Waals surface area contributed by atoms with Gasteiger partial charge in [-0.1, -0.05) is 15.9 Å². The number of rotatable bonds is 0. The summed E-state index contributed by atoms with van der Waals surface area (Å²) in [4.78, 5) is 16.4. The Morgan fingerprint density at radius 3 is 2.83 bits per heavy atom. The van der Waals surface area contributed by atoms with Crippen LogP contribution < -0.4 is 5.56 Å². The third-order valence-electron chi connectivity index (χ3n) is 3.15. The number of hydrogen-bond donors (Lipinski definition) is 0. The van der Waals surface area contributed by atoms with Crippen molar-refractivity contribution in [2.75, 3.05) is 0 Å². The Hall–Kier alpha value is -1.30. The van der Waals surface area contributed by atoms with E-state index in [9.17, 15) is 13.6 Å². The first-order valence-corrected chi connectivity index (χ1v) is 6.53. The molecule has 0 radical (unpaired) electrons. The van der Waals surface area contributed by atoms with E-state index in [2.05, 4.69) is 20.9 Å². The molecule has 0 spiro atoms. The Morgan fingerprint density at radius 2 is 2.06 bits per heavy atom. The SMILES string of the molecule is O=c1c2cc(F)c(F)cc2nc2n1CCCC2Br. The van der Waals surface area contributed by atoms with Crippen LogP contribution in [-0.2, 0) is 6.54 Å². The van der Waals surface area contributed by atoms with E-state index in [1.54, 1.807) is 0 Å². The van der Waals surface area contributed by atoms with Crippen molar-refractivity contribution in [1.82, 2.24) is 9.55 Å². The number of aromatic nitrogens is 2. The minimum atomic E-state index is -1.02. The van der Waals surface area contributed by atoms with E-state index < -0.39 is 11.6 Å². The zero-order chi connectivity index (χ0) is 12.9. The van der Waals surface area contributed by atoms with Gasteiger partial charge in [-0.15, -0.1) is 0 Å². The van der Waals surface area contributed by atoms with Gasteiger partial charge in [0.1, 0.15) is 5.82 Å². The molecule has 18 heavy (non-hydrogen) atoms. The molecule has 0 amide bonds. The first kappa shape index (κ1) is 11.8. The van der Waals surface area contributed by atoms with Gasteiger partial charge in [0.05, 0.1) is 15.7 Å². The molecule has 1 aromatic carbocycles. The fourth-order valence-corrected chi connectivity index (χ4v) is 2.92. The summed E-state index contributed by atoms with van der Waals surface area (Å²) in [5, 5.41) is 0.124. The zero-order valence-electron chi connectivity index (χ0n) is 9.29. The fourth-order valence-electron chi connectivity index (χ4n) is 2.25. The van der Waals surface area contributed by atoms with Gasteiger partial charge in [-0.3, -0.25) is 9.36 Å². The van der Waals surface area contributed by atoms with E-state index in [-0.39, 0.29) is 21.3 Å². The van der Waals surface area contributed by atoms with Crippen LogP contribution in [0.15, 0.2) is 16.9 Å². The predicted octanol–water partition coefficient (Wildman–Crippen LogP) is 2.90. The van der Waals surface area contributed by atoms with Crippen LogP contribution in [0.4, 0.5) is 8.78 Å². The average Bonchev–Trinajstić information content (AvgIpc) is 2.34. The first-order valence-electron chi connectivity index (χ1n) is 5.61. The molecular formula is C12H9BrF2N2O. The van der Waals surface area contributed by atoms with Crippen LogP contribution in [0, 0.1) is 11.6 Å². The summed E-state index contributed by atoms with van der Waals surface area (Å²) in [5.74, 6) is -1.42. The third-order valence-corrected chi connectivity index (χ3v) is 4.01. The van der Waals surface area contributed by atoms with Crippen molar-refractivity contribution in [3.05, 3.63) is 39.9 Å². The van der Waals surface area contributed by atoms with Gasteiger partial charge in [0.25, 0.3) is 5.56 Å². The standard InChI is InChI=1S/C12H9BrF2N2O/c13-7-2-1-3-17-11(7)16-10-5-9(15)8(14)4-6(10)12(17)18/h4-5,7H,1-3H2. The van der Waals surface area contributed by atoms with E-state index in [1.807, 2.05) is 0 Å². The highest BCUT2D eigenvalue weighted by molar-refractivity contribution is 9.09. The number of benzene rings is 1. The third kappa shape index (κ3) is 1.67. The quantitative estimate of drug-likeness (QED) is 0.701. The Morgan fingerprint density at radius 1 is 1.33 bits per heavy atom. The maximum absolute atomic E-state index is 13.2. The normalized spacial score (nSPS) is 18.9. The van der Waals surface area contributed by atoms with Crippen molar-refractivity contribution in [3.63, 3.8) is 0 Å². The molecule has 2 aromatic rings. The number of halogens is 3. The molecule has 2 heterocycles. The van der Waals surface area contributed by atoms with Crippen molar-refractivity contribution < 1.29 is 8.78 Å². The molecule has 0 saturated carbocycles. The molecule has 1 aromatic heterocycles. The second kappa shape index (κ2) is 4.12. The van der Waals surface area contributed by atoms with Crippen molar-refractivity contribution in [3.8, 4) is 0 Å². The Balaban J connectivity index is 2.40. The van der Waals surface area contributed by atoms with Gasteiger partial charge in [0.2, 0.25) is 0 Å². The van der Waals surface area contributed by atoms with Crippen LogP contribution in [0.3, 0.4) is 0 Å². The molecule has 0 fully saturated rings. The second-order valence-electron chi connectivity index (χ2n) is 4.32. The highest BCUT2D eigenvalue weighted by Crippen LogP contribution is 2.30. The van der Waals surface area contributed by atoms with Crippen LogP contribution in [0.1, 0.15) is 23.5 Å². The summed E-state index contributed by atoms with van der Waals surface area (Å²) in [7, 11) is 0. The zero-order valence-corrected chi connectivity index (χ0v) is 10.9. The second-order valence-corrected chi connectivity index (χ2v) is 5.43. The van der Waals surface area contributed by atoms with Crippen molar-refractivity contribution in [2.45, 2.75) is 24.2 Å². The number of fused-ring (bicyclic) bond motifs is 2. The molecule has 94 valence electrons. The van der Waals surface area contributed by atoms with Crippen molar-refractivity contribution in [2.24, 2.45) is 0 Å². The number of alkyl halides is 1. The molecule has 0 saturated heterocycles. The molecule has 0 aliphatic carbocycles. The monoisotopic (exact) mass is 314 g/mol. The Kier molecular flexibility index (Phi) is 2.69. The van der Waals surface area contributed by atoms with Gasteiger partial charge in [0.15, 0.2) is 11.6 Å². The predicted molar refractivity (Wildman–Crippen MR) is 66.8 cm³/mol. The van der Waals surface area contributed by atoms with Gasteiger partial charge in [-0.05, 0) is 18.9 Å². The van der Waals surface area contributed by atoms with Crippen molar-refractivity contribution >= 4 is 26.8 Å². The van der Waals surface area contributed by atoms with Crippen molar-refractivity contribution in [1.29, 1.82) is 0 Å². The molecule has 0 bridgehead atoms. The van der Waals surface area contributed by atoms with Crippen LogP contribution in [-0.4, -0.2) is 9.55 Å². The topological polar surface area (TPSA) is 34.9 Å². The minimum absolute atomic E-state index is 0.0172. The van der Waals surface area contributed by atoms with E-state index in [1.165, 1.54) is 4.57 Å². The van der Waals surface area contributed by atoms with E-state index in [0.29, 0.717) is 12.4 Å². The van der Waals surface area contributed by atoms with Crippen LogP contribution in [0.2, 0.25) is 0 Å². The van der Waals surface area contributed by atoms with Gasteiger partial charge < -0.3 is 0 Å². The van der Waals surface area contributed by atoms with Gasteiger partial charge in [0, 0.05) is 12.6 Å². The summed E-state index contributed by atoms with van der Waals surface area (Å²) >= 11 is 3.45. The van der Waals surface area contributed by atoms with E-state index >= 15 is 0 Å². The van der Waals surface area contributed by atoms with Crippen LogP contribution >= 0.6 is 15.9 Å². The maximum Gasteiger partial charge on any atom is 0.261 e. The molecule has 1 atom stereocenters. The summed E-state index contributed by atoms with van der Waals surface area (Å²) in [6, 6.07) is 1.90. The maximum atomic E-state index is 13.2. The van der Waals surface area contributed by atoms with Gasteiger partial charge in [-0.2, -0.15) is 0 Å². The number of hydrogen-bond acceptors (Lipinski definition) is 2. The lowest BCUT2D eigenvalue weighted by atomic mass is 10.1. The molecule has 0 N–H and O–H groups in total. The lowest BCUT2D eigenvalue weighted by Crippen LogP contribution is -2.29. The van der Waals surface area contributed by atoms with Gasteiger partial charge in [-0.25, -0.2) is 13.8 Å². The average molecular weight is 315 g/mol. The molecule has 3 rings (SSSR count). The molecule has 1 aliphatic heterocycles. The molecule has 3 nitrogen and oxygen atoms in total.